The Morgan fingerprint density at radius 2 is 2.26 bits per heavy atom. The van der Waals surface area contributed by atoms with Gasteiger partial charge in [-0.2, -0.15) is 0 Å². The molecule has 2 aromatic heterocycles. The summed E-state index contributed by atoms with van der Waals surface area (Å²) in [7, 11) is 0. The van der Waals surface area contributed by atoms with Gasteiger partial charge in [0.2, 0.25) is 5.88 Å². The van der Waals surface area contributed by atoms with Crippen LogP contribution in [0.4, 0.5) is 0 Å². The molecule has 3 heterocycles. The lowest BCUT2D eigenvalue weighted by Crippen LogP contribution is -2.47. The normalized spacial score (nSPS) is 27.7. The molecule has 1 saturated heterocycles. The van der Waals surface area contributed by atoms with Gasteiger partial charge in [-0.15, -0.1) is 0 Å². The maximum absolute atomic E-state index is 6.00. The van der Waals surface area contributed by atoms with Crippen LogP contribution in [0, 0.1) is 5.92 Å². The lowest BCUT2D eigenvalue weighted by atomic mass is 10.1. The molecule has 0 aromatic carbocycles. The van der Waals surface area contributed by atoms with Gasteiger partial charge in [0.05, 0.1) is 31.8 Å². The number of fused-ring (bicyclic) bond motifs is 1. The molecule has 1 aliphatic carbocycles. The number of rotatable bonds is 5. The minimum Gasteiger partial charge on any atom is -0.477 e. The Hall–Kier alpha value is -1.85. The summed E-state index contributed by atoms with van der Waals surface area (Å²) in [6.45, 7) is 3.45. The van der Waals surface area contributed by atoms with Crippen LogP contribution in [0.15, 0.2) is 47.4 Å². The van der Waals surface area contributed by atoms with E-state index in [4.69, 9.17) is 13.9 Å². The Bertz CT molecular complexity index is 602. The lowest BCUT2D eigenvalue weighted by molar-refractivity contribution is -0.0590. The van der Waals surface area contributed by atoms with E-state index in [1.165, 1.54) is 5.56 Å². The van der Waals surface area contributed by atoms with Crippen LogP contribution in [0.1, 0.15) is 18.4 Å². The number of morpholine rings is 1. The van der Waals surface area contributed by atoms with Crippen LogP contribution in [0.2, 0.25) is 0 Å². The monoisotopic (exact) mass is 314 g/mol. The molecule has 122 valence electrons. The van der Waals surface area contributed by atoms with Crippen molar-refractivity contribution in [1.29, 1.82) is 0 Å². The number of hydrogen-bond donors (Lipinski definition) is 0. The molecule has 3 atom stereocenters. The minimum atomic E-state index is 0.327. The molecule has 2 aromatic rings. The Labute approximate surface area is 136 Å². The van der Waals surface area contributed by atoms with E-state index in [0.29, 0.717) is 30.6 Å². The number of ether oxygens (including phenoxy) is 2. The van der Waals surface area contributed by atoms with Gasteiger partial charge >= 0.3 is 0 Å². The third-order valence-corrected chi connectivity index (χ3v) is 4.82. The average Bonchev–Trinajstić information content (AvgIpc) is 3.23. The number of nitrogens with zero attached hydrogens (tertiary/aromatic N) is 2. The second kappa shape index (κ2) is 6.72. The van der Waals surface area contributed by atoms with E-state index in [0.717, 1.165) is 32.5 Å². The molecule has 0 amide bonds. The number of hydrogen-bond acceptors (Lipinski definition) is 5. The van der Waals surface area contributed by atoms with Crippen molar-refractivity contribution in [2.75, 3.05) is 19.8 Å². The fourth-order valence-electron chi connectivity index (χ4n) is 3.71. The fourth-order valence-corrected chi connectivity index (χ4v) is 3.71. The summed E-state index contributed by atoms with van der Waals surface area (Å²) in [5.74, 6) is 1.23. The molecule has 0 bridgehead atoms. The predicted molar refractivity (Wildman–Crippen MR) is 85.1 cm³/mol. The van der Waals surface area contributed by atoms with Crippen molar-refractivity contribution < 1.29 is 13.9 Å². The van der Waals surface area contributed by atoms with Gasteiger partial charge in [-0.25, -0.2) is 4.98 Å². The molecular weight excluding hydrogens is 292 g/mol. The number of furan rings is 1. The van der Waals surface area contributed by atoms with Gasteiger partial charge in [0, 0.05) is 37.0 Å². The van der Waals surface area contributed by atoms with E-state index in [2.05, 4.69) is 9.88 Å². The summed E-state index contributed by atoms with van der Waals surface area (Å²) in [4.78, 5) is 6.75. The highest BCUT2D eigenvalue weighted by molar-refractivity contribution is 5.10. The van der Waals surface area contributed by atoms with E-state index in [9.17, 15) is 0 Å². The molecule has 4 rings (SSSR count). The summed E-state index contributed by atoms with van der Waals surface area (Å²) in [6, 6.07) is 8.28. The van der Waals surface area contributed by atoms with Gasteiger partial charge < -0.3 is 13.9 Å². The largest absolute Gasteiger partial charge is 0.477 e. The molecular formula is C18H22N2O3. The van der Waals surface area contributed by atoms with Crippen LogP contribution in [0.25, 0.3) is 0 Å². The topological polar surface area (TPSA) is 47.7 Å². The van der Waals surface area contributed by atoms with Gasteiger partial charge in [-0.3, -0.25) is 4.90 Å². The Morgan fingerprint density at radius 3 is 3.09 bits per heavy atom. The number of aromatic nitrogens is 1. The van der Waals surface area contributed by atoms with Crippen molar-refractivity contribution in [2.45, 2.75) is 31.5 Å². The van der Waals surface area contributed by atoms with E-state index in [1.807, 2.05) is 30.5 Å². The molecule has 1 saturated carbocycles. The highest BCUT2D eigenvalue weighted by Gasteiger charge is 2.41. The van der Waals surface area contributed by atoms with Crippen molar-refractivity contribution >= 4 is 0 Å². The third-order valence-electron chi connectivity index (χ3n) is 4.82. The molecule has 23 heavy (non-hydrogen) atoms. The van der Waals surface area contributed by atoms with Crippen molar-refractivity contribution in [3.8, 4) is 5.88 Å². The fraction of sp³-hybridized carbons (Fsp3) is 0.500. The van der Waals surface area contributed by atoms with Crippen LogP contribution in [0.5, 0.6) is 5.88 Å². The lowest BCUT2D eigenvalue weighted by Gasteiger charge is -2.37. The summed E-state index contributed by atoms with van der Waals surface area (Å²) in [6.07, 6.45) is 7.86. The zero-order chi connectivity index (χ0) is 15.5. The first-order valence-corrected chi connectivity index (χ1v) is 8.29. The van der Waals surface area contributed by atoms with E-state index in [-0.39, 0.29) is 0 Å². The number of pyridine rings is 1. The Morgan fingerprint density at radius 1 is 1.26 bits per heavy atom. The Balaban J connectivity index is 1.35. The van der Waals surface area contributed by atoms with Crippen LogP contribution in [-0.4, -0.2) is 41.8 Å². The Kier molecular flexibility index (Phi) is 4.30. The summed E-state index contributed by atoms with van der Waals surface area (Å²) in [5, 5.41) is 0. The van der Waals surface area contributed by atoms with Crippen molar-refractivity contribution in [1.82, 2.24) is 9.88 Å². The molecule has 5 heteroatoms. The zero-order valence-electron chi connectivity index (χ0n) is 13.1. The molecule has 0 unspecified atom stereocenters. The molecule has 0 spiro atoms. The third kappa shape index (κ3) is 3.41. The van der Waals surface area contributed by atoms with Gasteiger partial charge in [0.15, 0.2) is 0 Å². The second-order valence-corrected chi connectivity index (χ2v) is 6.40. The molecule has 0 radical (unpaired) electrons. The molecule has 0 N–H and O–H groups in total. The predicted octanol–water partition coefficient (Wildman–Crippen LogP) is 2.73. The van der Waals surface area contributed by atoms with Crippen molar-refractivity contribution in [2.24, 2.45) is 5.92 Å². The van der Waals surface area contributed by atoms with Crippen LogP contribution in [0.3, 0.4) is 0 Å². The van der Waals surface area contributed by atoms with Crippen molar-refractivity contribution in [3.63, 3.8) is 0 Å². The SMILES string of the molecule is c1ccc(OC[C@@H]2C[C@@H]3OCCN(Cc4ccoc4)[C@H]3C2)nc1. The zero-order valence-corrected chi connectivity index (χ0v) is 13.1. The van der Waals surface area contributed by atoms with Crippen LogP contribution >= 0.6 is 0 Å². The molecule has 1 aliphatic heterocycles. The first-order chi connectivity index (χ1) is 11.4. The minimum absolute atomic E-state index is 0.327. The quantitative estimate of drug-likeness (QED) is 0.849. The molecule has 2 fully saturated rings. The molecule has 2 aliphatic rings. The van der Waals surface area contributed by atoms with Gasteiger partial charge in [-0.1, -0.05) is 6.07 Å². The molecule has 5 nitrogen and oxygen atoms in total. The van der Waals surface area contributed by atoms with Crippen LogP contribution in [-0.2, 0) is 11.3 Å². The van der Waals surface area contributed by atoms with Crippen molar-refractivity contribution in [3.05, 3.63) is 48.6 Å². The second-order valence-electron chi connectivity index (χ2n) is 6.40. The summed E-state index contributed by atoms with van der Waals surface area (Å²) >= 11 is 0. The van der Waals surface area contributed by atoms with E-state index in [1.54, 1.807) is 12.5 Å². The van der Waals surface area contributed by atoms with Gasteiger partial charge in [0.1, 0.15) is 0 Å². The van der Waals surface area contributed by atoms with Gasteiger partial charge in [0.25, 0.3) is 0 Å². The first-order valence-electron chi connectivity index (χ1n) is 8.29. The average molecular weight is 314 g/mol. The maximum atomic E-state index is 6.00. The first kappa shape index (κ1) is 14.7. The summed E-state index contributed by atoms with van der Waals surface area (Å²) in [5.41, 5.74) is 1.24. The highest BCUT2D eigenvalue weighted by atomic mass is 16.5. The van der Waals surface area contributed by atoms with E-state index < -0.39 is 0 Å². The van der Waals surface area contributed by atoms with E-state index >= 15 is 0 Å². The standard InChI is InChI=1S/C18H22N2O3/c1-2-5-19-18(3-1)23-13-15-9-16-17(10-15)22-8-6-20(16)11-14-4-7-21-12-14/h1-5,7,12,15-17H,6,8-11,13H2/t15-,16-,17-/m0/s1. The summed E-state index contributed by atoms with van der Waals surface area (Å²) < 4.78 is 17.0. The highest BCUT2D eigenvalue weighted by Crippen LogP contribution is 2.35. The smallest absolute Gasteiger partial charge is 0.213 e. The maximum Gasteiger partial charge on any atom is 0.213 e. The van der Waals surface area contributed by atoms with Gasteiger partial charge in [-0.05, 0) is 30.9 Å². The van der Waals surface area contributed by atoms with Crippen LogP contribution < -0.4 is 4.74 Å².